The van der Waals surface area contributed by atoms with Gasteiger partial charge in [0, 0.05) is 42.8 Å². The molecule has 0 radical (unpaired) electrons. The van der Waals surface area contributed by atoms with Crippen LogP contribution in [0.15, 0.2) is 54.9 Å². The van der Waals surface area contributed by atoms with Gasteiger partial charge in [0.15, 0.2) is 0 Å². The highest BCUT2D eigenvalue weighted by Gasteiger charge is 2.26. The Balaban J connectivity index is 1.10. The fraction of sp³-hybridized carbons (Fsp3) is 0.429. The number of nitrogens with one attached hydrogen (secondary N) is 2. The van der Waals surface area contributed by atoms with E-state index >= 15 is 0 Å². The van der Waals surface area contributed by atoms with E-state index in [0.29, 0.717) is 6.04 Å². The summed E-state index contributed by atoms with van der Waals surface area (Å²) in [5.41, 5.74) is 3.82. The van der Waals surface area contributed by atoms with Gasteiger partial charge in [-0.15, -0.1) is 0 Å². The third kappa shape index (κ3) is 4.29. The Bertz CT molecular complexity index is 1270. The molecule has 0 spiro atoms. The lowest BCUT2D eigenvalue weighted by atomic mass is 9.97. The first-order valence-corrected chi connectivity index (χ1v) is 12.5. The lowest BCUT2D eigenvalue weighted by molar-refractivity contribution is 0.462. The molecule has 2 atom stereocenters. The molecule has 2 aliphatic rings. The summed E-state index contributed by atoms with van der Waals surface area (Å²) < 4.78 is 2.48. The number of nitrogens with zero attached hydrogens (tertiary/aromatic N) is 3. The monoisotopic (exact) mass is 439 g/mol. The molecule has 0 saturated heterocycles. The minimum absolute atomic E-state index is 0.595. The van der Waals surface area contributed by atoms with Crippen LogP contribution in [0.1, 0.15) is 50.1 Å². The molecule has 2 saturated carbocycles. The fourth-order valence-corrected chi connectivity index (χ4v) is 5.53. The van der Waals surface area contributed by atoms with Crippen molar-refractivity contribution in [3.8, 4) is 0 Å². The Morgan fingerprint density at radius 1 is 1.00 bits per heavy atom. The van der Waals surface area contributed by atoms with E-state index in [1.54, 1.807) is 0 Å². The molecular formula is C28H33N5. The smallest absolute Gasteiger partial charge is 0.135 e. The maximum atomic E-state index is 4.88. The largest absolute Gasteiger partial charge is 0.373 e. The van der Waals surface area contributed by atoms with Crippen LogP contribution in [0.3, 0.4) is 0 Å². The molecule has 1 aromatic carbocycles. The Morgan fingerprint density at radius 3 is 2.76 bits per heavy atom. The van der Waals surface area contributed by atoms with Crippen molar-refractivity contribution >= 4 is 33.4 Å². The topological polar surface area (TPSA) is 54.8 Å². The molecule has 6 rings (SSSR count). The minimum atomic E-state index is 0.595. The van der Waals surface area contributed by atoms with E-state index in [1.807, 2.05) is 13.2 Å². The number of aryl methyl sites for hydroxylation is 1. The van der Waals surface area contributed by atoms with Crippen LogP contribution >= 0.6 is 0 Å². The predicted molar refractivity (Wildman–Crippen MR) is 137 cm³/mol. The first-order valence-electron chi connectivity index (χ1n) is 12.5. The number of aromatic nitrogens is 3. The first-order chi connectivity index (χ1) is 16.3. The van der Waals surface area contributed by atoms with Crippen molar-refractivity contribution in [2.45, 2.75) is 51.0 Å². The molecule has 3 heterocycles. The number of pyridine rings is 2. The van der Waals surface area contributed by atoms with Crippen molar-refractivity contribution in [2.75, 3.05) is 24.2 Å². The highest BCUT2D eigenvalue weighted by molar-refractivity contribution is 5.90. The molecular weight excluding hydrogens is 406 g/mol. The Labute approximate surface area is 195 Å². The minimum Gasteiger partial charge on any atom is -0.373 e. The maximum absolute atomic E-state index is 4.88. The number of hydrogen-bond donors (Lipinski definition) is 2. The van der Waals surface area contributed by atoms with Crippen LogP contribution in [-0.4, -0.2) is 28.1 Å². The van der Waals surface area contributed by atoms with Gasteiger partial charge in [-0.25, -0.2) is 9.97 Å². The lowest BCUT2D eigenvalue weighted by Crippen LogP contribution is -2.05. The first kappa shape index (κ1) is 20.5. The summed E-state index contributed by atoms with van der Waals surface area (Å²) in [4.78, 5) is 9.34. The number of rotatable bonds is 8. The predicted octanol–water partition coefficient (Wildman–Crippen LogP) is 6.42. The van der Waals surface area contributed by atoms with E-state index in [2.05, 4.69) is 68.8 Å². The average Bonchev–Trinajstić information content (AvgIpc) is 3.39. The highest BCUT2D eigenvalue weighted by atomic mass is 15.0. The summed E-state index contributed by atoms with van der Waals surface area (Å²) >= 11 is 0. The average molecular weight is 440 g/mol. The van der Waals surface area contributed by atoms with E-state index < -0.39 is 0 Å². The Kier molecular flexibility index (Phi) is 5.41. The second-order valence-electron chi connectivity index (χ2n) is 9.98. The second kappa shape index (κ2) is 8.69. The number of fused-ring (bicyclic) bond motifs is 2. The normalized spacial score (nSPS) is 20.5. The summed E-state index contributed by atoms with van der Waals surface area (Å²) in [6, 6.07) is 16.1. The van der Waals surface area contributed by atoms with Crippen molar-refractivity contribution in [1.29, 1.82) is 0 Å². The van der Waals surface area contributed by atoms with Gasteiger partial charge in [-0.05, 0) is 92.7 Å². The molecule has 0 aliphatic heterocycles. The quantitative estimate of drug-likeness (QED) is 0.332. The molecule has 5 nitrogen and oxygen atoms in total. The van der Waals surface area contributed by atoms with Gasteiger partial charge in [0.1, 0.15) is 11.6 Å². The highest BCUT2D eigenvalue weighted by Crippen LogP contribution is 2.39. The van der Waals surface area contributed by atoms with Crippen LogP contribution in [0.25, 0.3) is 21.8 Å². The van der Waals surface area contributed by atoms with Crippen LogP contribution in [-0.2, 0) is 6.42 Å². The SMILES string of the molecule is CNc1nccc2c1ccn2[C@H]1CC[C@@H](CCc2ccc3ccc(NCC4CC4)nc3c2)C1. The molecule has 0 unspecified atom stereocenters. The van der Waals surface area contributed by atoms with Gasteiger partial charge in [0.05, 0.1) is 11.0 Å². The van der Waals surface area contributed by atoms with Crippen molar-refractivity contribution < 1.29 is 0 Å². The van der Waals surface area contributed by atoms with E-state index in [9.17, 15) is 0 Å². The van der Waals surface area contributed by atoms with Crippen molar-refractivity contribution in [2.24, 2.45) is 11.8 Å². The molecule has 2 fully saturated rings. The van der Waals surface area contributed by atoms with Gasteiger partial charge in [0.25, 0.3) is 0 Å². The van der Waals surface area contributed by atoms with E-state index in [4.69, 9.17) is 4.98 Å². The van der Waals surface area contributed by atoms with Crippen LogP contribution in [0.4, 0.5) is 11.6 Å². The second-order valence-corrected chi connectivity index (χ2v) is 9.98. The molecule has 0 amide bonds. The number of benzene rings is 1. The number of hydrogen-bond acceptors (Lipinski definition) is 4. The lowest BCUT2D eigenvalue weighted by Gasteiger charge is -2.15. The maximum Gasteiger partial charge on any atom is 0.135 e. The summed E-state index contributed by atoms with van der Waals surface area (Å²) in [6.07, 6.45) is 13.1. The van der Waals surface area contributed by atoms with Crippen LogP contribution in [0.5, 0.6) is 0 Å². The van der Waals surface area contributed by atoms with Crippen molar-refractivity contribution in [3.63, 3.8) is 0 Å². The molecule has 2 N–H and O–H groups in total. The summed E-state index contributed by atoms with van der Waals surface area (Å²) in [6.45, 7) is 1.06. The van der Waals surface area contributed by atoms with Gasteiger partial charge in [0.2, 0.25) is 0 Å². The molecule has 0 bridgehead atoms. The fourth-order valence-electron chi connectivity index (χ4n) is 5.53. The standard InChI is InChI=1S/C28H33N5/c1-29-28-24-13-15-33(26(24)12-14-30-28)23-10-7-19(16-23)2-3-20-6-8-22-9-11-27(32-25(22)17-20)31-18-21-4-5-21/h6,8-9,11-15,17,19,21,23H,2-5,7,10,16,18H2,1H3,(H,29,30)(H,31,32)/t19-,23+/m1/s1. The van der Waals surface area contributed by atoms with Crippen LogP contribution in [0.2, 0.25) is 0 Å². The molecule has 2 aliphatic carbocycles. The summed E-state index contributed by atoms with van der Waals surface area (Å²) in [5, 5.41) is 9.18. The molecule has 170 valence electrons. The van der Waals surface area contributed by atoms with Gasteiger partial charge in [-0.3, -0.25) is 0 Å². The molecule has 3 aromatic heterocycles. The Morgan fingerprint density at radius 2 is 1.88 bits per heavy atom. The third-order valence-corrected chi connectivity index (χ3v) is 7.66. The van der Waals surface area contributed by atoms with Gasteiger partial charge in [-0.1, -0.05) is 12.1 Å². The van der Waals surface area contributed by atoms with Crippen molar-refractivity contribution in [1.82, 2.24) is 14.5 Å². The number of anilines is 2. The zero-order valence-corrected chi connectivity index (χ0v) is 19.4. The zero-order chi connectivity index (χ0) is 22.2. The Hall–Kier alpha value is -3.08. The van der Waals surface area contributed by atoms with E-state index in [-0.39, 0.29) is 0 Å². The van der Waals surface area contributed by atoms with Crippen molar-refractivity contribution in [3.05, 3.63) is 60.4 Å². The van der Waals surface area contributed by atoms with E-state index in [0.717, 1.165) is 42.0 Å². The van der Waals surface area contributed by atoms with Crippen LogP contribution in [0, 0.1) is 11.8 Å². The molecule has 4 aromatic rings. The van der Waals surface area contributed by atoms with Crippen LogP contribution < -0.4 is 10.6 Å². The van der Waals surface area contributed by atoms with Gasteiger partial charge < -0.3 is 15.2 Å². The molecule has 33 heavy (non-hydrogen) atoms. The van der Waals surface area contributed by atoms with E-state index in [1.165, 1.54) is 60.4 Å². The third-order valence-electron chi connectivity index (χ3n) is 7.66. The molecule has 5 heteroatoms. The van der Waals surface area contributed by atoms with Gasteiger partial charge >= 0.3 is 0 Å². The summed E-state index contributed by atoms with van der Waals surface area (Å²) in [7, 11) is 1.94. The summed E-state index contributed by atoms with van der Waals surface area (Å²) in [5.74, 6) is 3.63. The zero-order valence-electron chi connectivity index (χ0n) is 19.4. The van der Waals surface area contributed by atoms with Gasteiger partial charge in [-0.2, -0.15) is 0 Å².